The maximum absolute atomic E-state index is 12.3. The number of anilines is 1. The van der Waals surface area contributed by atoms with E-state index < -0.39 is 11.5 Å². The first kappa shape index (κ1) is 14.1. The molecular weight excluding hydrogens is 278 g/mol. The van der Waals surface area contributed by atoms with Crippen LogP contribution in [0.25, 0.3) is 11.0 Å². The van der Waals surface area contributed by atoms with E-state index in [4.69, 9.17) is 4.42 Å². The second-order valence-electron chi connectivity index (χ2n) is 4.99. The summed E-state index contributed by atoms with van der Waals surface area (Å²) in [6.07, 6.45) is 0.877. The molecule has 4 heteroatoms. The van der Waals surface area contributed by atoms with E-state index >= 15 is 0 Å². The highest BCUT2D eigenvalue weighted by molar-refractivity contribution is 6.05. The molecule has 0 unspecified atom stereocenters. The molecule has 22 heavy (non-hydrogen) atoms. The smallest absolute Gasteiger partial charge is 0.349 e. The van der Waals surface area contributed by atoms with Gasteiger partial charge in [0.25, 0.3) is 5.91 Å². The first-order chi connectivity index (χ1) is 10.7. The van der Waals surface area contributed by atoms with Crippen molar-refractivity contribution in [2.75, 3.05) is 5.32 Å². The summed E-state index contributed by atoms with van der Waals surface area (Å²) >= 11 is 0. The van der Waals surface area contributed by atoms with Crippen molar-refractivity contribution in [1.82, 2.24) is 0 Å². The first-order valence-corrected chi connectivity index (χ1v) is 7.10. The van der Waals surface area contributed by atoms with Crippen LogP contribution in [0.3, 0.4) is 0 Å². The molecule has 0 saturated carbocycles. The molecule has 0 atom stereocenters. The van der Waals surface area contributed by atoms with Gasteiger partial charge in [-0.25, -0.2) is 4.79 Å². The summed E-state index contributed by atoms with van der Waals surface area (Å²) in [5.41, 5.74) is 1.61. The van der Waals surface area contributed by atoms with E-state index in [0.29, 0.717) is 11.3 Å². The maximum atomic E-state index is 12.3. The van der Waals surface area contributed by atoms with Gasteiger partial charge in [0.2, 0.25) is 0 Å². The number of benzene rings is 2. The van der Waals surface area contributed by atoms with Crippen molar-refractivity contribution in [3.8, 4) is 0 Å². The van der Waals surface area contributed by atoms with E-state index in [-0.39, 0.29) is 5.56 Å². The minimum absolute atomic E-state index is 0.000557. The van der Waals surface area contributed by atoms with Gasteiger partial charge >= 0.3 is 5.63 Å². The lowest BCUT2D eigenvalue weighted by molar-refractivity contribution is 0.102. The van der Waals surface area contributed by atoms with E-state index in [2.05, 4.69) is 5.32 Å². The number of hydrogen-bond acceptors (Lipinski definition) is 3. The first-order valence-electron chi connectivity index (χ1n) is 7.10. The topological polar surface area (TPSA) is 59.3 Å². The van der Waals surface area contributed by atoms with Gasteiger partial charge in [-0.05, 0) is 36.2 Å². The zero-order chi connectivity index (χ0) is 15.5. The Labute approximate surface area is 127 Å². The van der Waals surface area contributed by atoms with E-state index in [1.165, 1.54) is 0 Å². The average molecular weight is 293 g/mol. The Morgan fingerprint density at radius 2 is 1.91 bits per heavy atom. The van der Waals surface area contributed by atoms with Crippen LogP contribution < -0.4 is 10.9 Å². The standard InChI is InChI=1S/C18H15NO3/c1-2-12-6-5-8-14(10-12)19-17(20)15-11-13-7-3-4-9-16(13)22-18(15)21/h3-11H,2H2,1H3,(H,19,20). The fourth-order valence-electron chi connectivity index (χ4n) is 2.29. The summed E-state index contributed by atoms with van der Waals surface area (Å²) in [5, 5.41) is 3.46. The molecule has 0 aliphatic heterocycles. The van der Waals surface area contributed by atoms with E-state index in [0.717, 1.165) is 17.4 Å². The van der Waals surface area contributed by atoms with Crippen LogP contribution in [0.1, 0.15) is 22.8 Å². The number of amides is 1. The summed E-state index contributed by atoms with van der Waals surface area (Å²) in [7, 11) is 0. The number of rotatable bonds is 3. The van der Waals surface area contributed by atoms with Crippen LogP contribution in [-0.2, 0) is 6.42 Å². The minimum Gasteiger partial charge on any atom is -0.422 e. The Morgan fingerprint density at radius 1 is 1.09 bits per heavy atom. The number of para-hydroxylation sites is 1. The molecule has 1 amide bonds. The largest absolute Gasteiger partial charge is 0.422 e. The van der Waals surface area contributed by atoms with E-state index in [1.807, 2.05) is 31.2 Å². The van der Waals surface area contributed by atoms with Crippen LogP contribution in [0, 0.1) is 0 Å². The number of nitrogens with one attached hydrogen (secondary N) is 1. The summed E-state index contributed by atoms with van der Waals surface area (Å²) in [4.78, 5) is 24.3. The van der Waals surface area contributed by atoms with Crippen molar-refractivity contribution in [3.63, 3.8) is 0 Å². The van der Waals surface area contributed by atoms with Crippen LogP contribution in [-0.4, -0.2) is 5.91 Å². The van der Waals surface area contributed by atoms with Crippen molar-refractivity contribution >= 4 is 22.6 Å². The zero-order valence-corrected chi connectivity index (χ0v) is 12.1. The van der Waals surface area contributed by atoms with E-state index in [1.54, 1.807) is 30.3 Å². The average Bonchev–Trinajstić information content (AvgIpc) is 2.54. The molecule has 1 heterocycles. The summed E-state index contributed by atoms with van der Waals surface area (Å²) in [6, 6.07) is 16.2. The molecule has 0 spiro atoms. The Bertz CT molecular complexity index is 896. The van der Waals surface area contributed by atoms with Crippen LogP contribution in [0.5, 0.6) is 0 Å². The van der Waals surface area contributed by atoms with Crippen molar-refractivity contribution in [2.45, 2.75) is 13.3 Å². The molecule has 0 fully saturated rings. The highest BCUT2D eigenvalue weighted by Crippen LogP contribution is 2.15. The fraction of sp³-hybridized carbons (Fsp3) is 0.111. The van der Waals surface area contributed by atoms with Gasteiger partial charge < -0.3 is 9.73 Å². The maximum Gasteiger partial charge on any atom is 0.349 e. The SMILES string of the molecule is CCc1cccc(NC(=O)c2cc3ccccc3oc2=O)c1. The number of aryl methyl sites for hydroxylation is 1. The molecule has 0 radical (unpaired) electrons. The second-order valence-corrected chi connectivity index (χ2v) is 4.99. The number of carbonyl (C=O) groups is 1. The van der Waals surface area contributed by atoms with Crippen molar-refractivity contribution in [3.05, 3.63) is 76.1 Å². The van der Waals surface area contributed by atoms with Crippen LogP contribution in [0.15, 0.2) is 63.8 Å². The lowest BCUT2D eigenvalue weighted by atomic mass is 10.1. The summed E-state index contributed by atoms with van der Waals surface area (Å²) in [5.74, 6) is -0.465. The van der Waals surface area contributed by atoms with Crippen molar-refractivity contribution in [2.24, 2.45) is 0 Å². The Hall–Kier alpha value is -2.88. The van der Waals surface area contributed by atoms with Gasteiger partial charge in [-0.2, -0.15) is 0 Å². The molecule has 0 bridgehead atoms. The predicted octanol–water partition coefficient (Wildman–Crippen LogP) is 3.61. The lowest BCUT2D eigenvalue weighted by Crippen LogP contribution is -2.20. The molecule has 2 aromatic carbocycles. The molecule has 0 aliphatic carbocycles. The Balaban J connectivity index is 1.94. The molecule has 0 aliphatic rings. The van der Waals surface area contributed by atoms with Gasteiger partial charge in [0.15, 0.2) is 0 Å². The summed E-state index contributed by atoms with van der Waals surface area (Å²) < 4.78 is 5.18. The number of fused-ring (bicyclic) bond motifs is 1. The van der Waals surface area contributed by atoms with E-state index in [9.17, 15) is 9.59 Å². The van der Waals surface area contributed by atoms with Crippen LogP contribution in [0.4, 0.5) is 5.69 Å². The molecule has 3 aromatic rings. The van der Waals surface area contributed by atoms with Gasteiger partial charge in [0.1, 0.15) is 11.1 Å². The van der Waals surface area contributed by atoms with Gasteiger partial charge in [0, 0.05) is 11.1 Å². The minimum atomic E-state index is -0.636. The molecule has 110 valence electrons. The third kappa shape index (κ3) is 2.76. The van der Waals surface area contributed by atoms with Crippen molar-refractivity contribution < 1.29 is 9.21 Å². The molecule has 4 nitrogen and oxygen atoms in total. The second kappa shape index (κ2) is 5.85. The molecule has 1 aromatic heterocycles. The van der Waals surface area contributed by atoms with Crippen LogP contribution >= 0.6 is 0 Å². The predicted molar refractivity (Wildman–Crippen MR) is 86.3 cm³/mol. The van der Waals surface area contributed by atoms with Crippen molar-refractivity contribution in [1.29, 1.82) is 0 Å². The molecule has 0 saturated heterocycles. The highest BCUT2D eigenvalue weighted by Gasteiger charge is 2.13. The monoisotopic (exact) mass is 293 g/mol. The molecular formula is C18H15NO3. The van der Waals surface area contributed by atoms with Crippen LogP contribution in [0.2, 0.25) is 0 Å². The summed E-state index contributed by atoms with van der Waals surface area (Å²) in [6.45, 7) is 2.04. The van der Waals surface area contributed by atoms with Gasteiger partial charge in [-0.15, -0.1) is 0 Å². The number of hydrogen-bond donors (Lipinski definition) is 1. The zero-order valence-electron chi connectivity index (χ0n) is 12.1. The fourth-order valence-corrected chi connectivity index (χ4v) is 2.29. The Kier molecular flexibility index (Phi) is 3.74. The molecule has 3 rings (SSSR count). The Morgan fingerprint density at radius 3 is 2.73 bits per heavy atom. The van der Waals surface area contributed by atoms with Gasteiger partial charge in [-0.3, -0.25) is 4.79 Å². The third-order valence-electron chi connectivity index (χ3n) is 3.48. The number of carbonyl (C=O) groups excluding carboxylic acids is 1. The van der Waals surface area contributed by atoms with Gasteiger partial charge in [0.05, 0.1) is 0 Å². The third-order valence-corrected chi connectivity index (χ3v) is 3.48. The quantitative estimate of drug-likeness (QED) is 0.750. The lowest BCUT2D eigenvalue weighted by Gasteiger charge is -2.06. The van der Waals surface area contributed by atoms with Gasteiger partial charge in [-0.1, -0.05) is 37.3 Å². The normalized spacial score (nSPS) is 10.6. The molecule has 1 N–H and O–H groups in total. The highest BCUT2D eigenvalue weighted by atomic mass is 16.4.